The number of benzene rings is 3. The SMILES string of the molecule is Cl.O=S(=O)(c1cccc2nonc12)N1CCN(Cc2cccc3ccccc23)CC1. The van der Waals surface area contributed by atoms with Gasteiger partial charge in [0.05, 0.1) is 0 Å². The van der Waals surface area contributed by atoms with E-state index in [1.807, 2.05) is 6.07 Å². The van der Waals surface area contributed by atoms with Crippen molar-refractivity contribution in [3.8, 4) is 0 Å². The maximum atomic E-state index is 13.1. The van der Waals surface area contributed by atoms with Crippen molar-refractivity contribution in [2.75, 3.05) is 26.2 Å². The third-order valence-corrected chi connectivity index (χ3v) is 7.40. The summed E-state index contributed by atoms with van der Waals surface area (Å²) in [6.45, 7) is 3.03. The molecule has 0 saturated carbocycles. The maximum absolute atomic E-state index is 13.1. The molecule has 0 amide bonds. The normalized spacial score (nSPS) is 16.0. The number of rotatable bonds is 4. The molecule has 0 bridgehead atoms. The lowest BCUT2D eigenvalue weighted by Gasteiger charge is -2.34. The van der Waals surface area contributed by atoms with E-state index in [4.69, 9.17) is 4.63 Å². The van der Waals surface area contributed by atoms with Gasteiger partial charge in [-0.05, 0) is 38.8 Å². The van der Waals surface area contributed by atoms with Crippen LogP contribution in [0.15, 0.2) is 70.2 Å². The molecule has 30 heavy (non-hydrogen) atoms. The van der Waals surface area contributed by atoms with Crippen molar-refractivity contribution in [2.45, 2.75) is 11.4 Å². The van der Waals surface area contributed by atoms with Gasteiger partial charge in [0.15, 0.2) is 5.52 Å². The van der Waals surface area contributed by atoms with E-state index in [1.165, 1.54) is 20.6 Å². The van der Waals surface area contributed by atoms with Crippen LogP contribution < -0.4 is 0 Å². The van der Waals surface area contributed by atoms with Crippen LogP contribution in [-0.2, 0) is 16.6 Å². The first-order valence-corrected chi connectivity index (χ1v) is 11.0. The van der Waals surface area contributed by atoms with Gasteiger partial charge in [-0.3, -0.25) is 4.90 Å². The van der Waals surface area contributed by atoms with Gasteiger partial charge in [0.1, 0.15) is 10.4 Å². The monoisotopic (exact) mass is 444 g/mol. The fraction of sp³-hybridized carbons (Fsp3) is 0.238. The molecular formula is C21H21ClN4O3S. The van der Waals surface area contributed by atoms with Gasteiger partial charge in [0.25, 0.3) is 0 Å². The zero-order valence-corrected chi connectivity index (χ0v) is 17.8. The summed E-state index contributed by atoms with van der Waals surface area (Å²) in [5, 5.41) is 9.99. The average molecular weight is 445 g/mol. The molecule has 2 heterocycles. The molecule has 0 radical (unpaired) electrons. The largest absolute Gasteiger partial charge is 0.296 e. The fourth-order valence-corrected chi connectivity index (χ4v) is 5.49. The highest BCUT2D eigenvalue weighted by Gasteiger charge is 2.31. The Kier molecular flexibility index (Phi) is 5.75. The Balaban J connectivity index is 0.00000218. The number of fused-ring (bicyclic) bond motifs is 2. The van der Waals surface area contributed by atoms with Crippen molar-refractivity contribution in [1.29, 1.82) is 0 Å². The van der Waals surface area contributed by atoms with E-state index < -0.39 is 10.0 Å². The lowest BCUT2D eigenvalue weighted by molar-refractivity contribution is 0.182. The maximum Gasteiger partial charge on any atom is 0.245 e. The molecule has 0 N–H and O–H groups in total. The molecule has 0 spiro atoms. The molecule has 0 unspecified atom stereocenters. The zero-order valence-electron chi connectivity index (χ0n) is 16.1. The minimum atomic E-state index is -3.65. The van der Waals surface area contributed by atoms with Gasteiger partial charge < -0.3 is 0 Å². The van der Waals surface area contributed by atoms with Gasteiger partial charge in [-0.2, -0.15) is 4.31 Å². The van der Waals surface area contributed by atoms with E-state index in [9.17, 15) is 8.42 Å². The van der Waals surface area contributed by atoms with Crippen LogP contribution in [0, 0.1) is 0 Å². The average Bonchev–Trinajstić information content (AvgIpc) is 3.23. The molecular weight excluding hydrogens is 424 g/mol. The predicted molar refractivity (Wildman–Crippen MR) is 117 cm³/mol. The smallest absolute Gasteiger partial charge is 0.245 e. The molecule has 1 saturated heterocycles. The summed E-state index contributed by atoms with van der Waals surface area (Å²) in [5.74, 6) is 0. The van der Waals surface area contributed by atoms with Gasteiger partial charge in [-0.25, -0.2) is 13.0 Å². The standard InChI is InChI=1S/C21H20N4O3S.ClH/c26-29(27,20-10-4-9-19-21(20)23-28-22-19)25-13-11-24(12-14-25)15-17-7-3-6-16-5-1-2-8-18(16)17;/h1-10H,11-15H2;1H. The van der Waals surface area contributed by atoms with Crippen molar-refractivity contribution < 1.29 is 13.0 Å². The van der Waals surface area contributed by atoms with Crippen LogP contribution in [0.3, 0.4) is 0 Å². The zero-order chi connectivity index (χ0) is 19.8. The van der Waals surface area contributed by atoms with E-state index in [0.717, 1.165) is 6.54 Å². The second kappa shape index (κ2) is 8.31. The first-order valence-electron chi connectivity index (χ1n) is 9.53. The van der Waals surface area contributed by atoms with E-state index in [0.29, 0.717) is 31.7 Å². The molecule has 3 aromatic carbocycles. The van der Waals surface area contributed by atoms with Crippen molar-refractivity contribution in [1.82, 2.24) is 19.5 Å². The van der Waals surface area contributed by atoms with E-state index >= 15 is 0 Å². The fourth-order valence-electron chi connectivity index (χ4n) is 3.93. The van der Waals surface area contributed by atoms with Crippen LogP contribution in [0.5, 0.6) is 0 Å². The minimum absolute atomic E-state index is 0. The molecule has 7 nitrogen and oxygen atoms in total. The predicted octanol–water partition coefficient (Wildman–Crippen LogP) is 3.30. The van der Waals surface area contributed by atoms with Crippen LogP contribution in [0.4, 0.5) is 0 Å². The number of nitrogens with zero attached hydrogens (tertiary/aromatic N) is 4. The van der Waals surface area contributed by atoms with Gasteiger partial charge in [0.2, 0.25) is 10.0 Å². The Morgan fingerprint density at radius 2 is 1.60 bits per heavy atom. The summed E-state index contributed by atoms with van der Waals surface area (Å²) >= 11 is 0. The Morgan fingerprint density at radius 1 is 0.867 bits per heavy atom. The summed E-state index contributed by atoms with van der Waals surface area (Å²) < 4.78 is 32.5. The Labute approximate surface area is 180 Å². The van der Waals surface area contributed by atoms with Gasteiger partial charge >= 0.3 is 0 Å². The summed E-state index contributed by atoms with van der Waals surface area (Å²) in [6, 6.07) is 19.6. The van der Waals surface area contributed by atoms with E-state index in [-0.39, 0.29) is 22.8 Å². The number of halogens is 1. The Hall–Kier alpha value is -2.52. The molecule has 1 aliphatic heterocycles. The lowest BCUT2D eigenvalue weighted by Crippen LogP contribution is -2.48. The highest BCUT2D eigenvalue weighted by atomic mass is 35.5. The van der Waals surface area contributed by atoms with Crippen LogP contribution in [0.1, 0.15) is 5.56 Å². The summed E-state index contributed by atoms with van der Waals surface area (Å²) in [5.41, 5.74) is 1.99. The van der Waals surface area contributed by atoms with Crippen molar-refractivity contribution >= 4 is 44.2 Å². The molecule has 4 aromatic rings. The highest BCUT2D eigenvalue weighted by Crippen LogP contribution is 2.25. The second-order valence-electron chi connectivity index (χ2n) is 7.21. The topological polar surface area (TPSA) is 79.5 Å². The second-order valence-corrected chi connectivity index (χ2v) is 9.11. The van der Waals surface area contributed by atoms with Crippen molar-refractivity contribution in [2.24, 2.45) is 0 Å². The van der Waals surface area contributed by atoms with Crippen LogP contribution in [0.2, 0.25) is 0 Å². The highest BCUT2D eigenvalue weighted by molar-refractivity contribution is 7.89. The number of hydrogen-bond acceptors (Lipinski definition) is 6. The van der Waals surface area contributed by atoms with Crippen molar-refractivity contribution in [3.05, 3.63) is 66.2 Å². The van der Waals surface area contributed by atoms with Crippen LogP contribution >= 0.6 is 12.4 Å². The van der Waals surface area contributed by atoms with Crippen LogP contribution in [0.25, 0.3) is 21.8 Å². The summed E-state index contributed by atoms with van der Waals surface area (Å²) in [7, 11) is -3.65. The van der Waals surface area contributed by atoms with E-state index in [2.05, 4.69) is 51.6 Å². The minimum Gasteiger partial charge on any atom is -0.296 e. The molecule has 1 fully saturated rings. The third kappa shape index (κ3) is 3.67. The van der Waals surface area contributed by atoms with Gasteiger partial charge in [-0.15, -0.1) is 12.4 Å². The van der Waals surface area contributed by atoms with Crippen LogP contribution in [-0.4, -0.2) is 54.1 Å². The summed E-state index contributed by atoms with van der Waals surface area (Å²) in [6.07, 6.45) is 0. The molecule has 5 rings (SSSR count). The van der Waals surface area contributed by atoms with Crippen molar-refractivity contribution in [3.63, 3.8) is 0 Å². The molecule has 0 aliphatic carbocycles. The number of aromatic nitrogens is 2. The molecule has 156 valence electrons. The molecule has 1 aliphatic rings. The third-order valence-electron chi connectivity index (χ3n) is 5.47. The number of piperazine rings is 1. The van der Waals surface area contributed by atoms with Gasteiger partial charge in [0, 0.05) is 32.7 Å². The Bertz CT molecular complexity index is 1280. The molecule has 0 atom stereocenters. The summed E-state index contributed by atoms with van der Waals surface area (Å²) in [4.78, 5) is 2.45. The van der Waals surface area contributed by atoms with Gasteiger partial charge in [-0.1, -0.05) is 48.5 Å². The molecule has 9 heteroatoms. The quantitative estimate of drug-likeness (QED) is 0.480. The molecule has 1 aromatic heterocycles. The first-order chi connectivity index (χ1) is 14.1. The Morgan fingerprint density at radius 3 is 2.43 bits per heavy atom. The first kappa shape index (κ1) is 20.7. The number of hydrogen-bond donors (Lipinski definition) is 0. The lowest BCUT2D eigenvalue weighted by atomic mass is 10.0. The van der Waals surface area contributed by atoms with E-state index in [1.54, 1.807) is 18.2 Å². The number of sulfonamides is 1.